The van der Waals surface area contributed by atoms with Gasteiger partial charge < -0.3 is 15.4 Å². The molecule has 6 heteroatoms. The summed E-state index contributed by atoms with van der Waals surface area (Å²) < 4.78 is 5.13. The van der Waals surface area contributed by atoms with Crippen molar-refractivity contribution >= 4 is 35.0 Å². The minimum Gasteiger partial charge on any atom is -0.444 e. The summed E-state index contributed by atoms with van der Waals surface area (Å²) in [5, 5.41) is 7.00. The van der Waals surface area contributed by atoms with Crippen molar-refractivity contribution in [3.63, 3.8) is 0 Å². The molecular formula is C14H20Cl2N2O2. The Morgan fingerprint density at radius 1 is 1.20 bits per heavy atom. The van der Waals surface area contributed by atoms with Crippen LogP contribution in [0.5, 0.6) is 0 Å². The van der Waals surface area contributed by atoms with Gasteiger partial charge in [-0.25, -0.2) is 4.79 Å². The maximum atomic E-state index is 11.4. The molecule has 1 rings (SSSR count). The third-order valence-electron chi connectivity index (χ3n) is 2.29. The van der Waals surface area contributed by atoms with Crippen LogP contribution in [0.4, 0.5) is 10.5 Å². The largest absolute Gasteiger partial charge is 0.444 e. The summed E-state index contributed by atoms with van der Waals surface area (Å²) >= 11 is 12.1. The van der Waals surface area contributed by atoms with Gasteiger partial charge in [-0.3, -0.25) is 0 Å². The molecule has 0 unspecified atom stereocenters. The molecule has 0 aliphatic carbocycles. The molecule has 0 radical (unpaired) electrons. The Kier molecular flexibility index (Phi) is 6.43. The van der Waals surface area contributed by atoms with Crippen LogP contribution >= 0.6 is 23.2 Å². The van der Waals surface area contributed by atoms with Crippen LogP contribution in [0, 0.1) is 0 Å². The first kappa shape index (κ1) is 16.9. The molecule has 0 heterocycles. The molecule has 2 N–H and O–H groups in total. The lowest BCUT2D eigenvalue weighted by Crippen LogP contribution is -2.33. The van der Waals surface area contributed by atoms with Crippen LogP contribution in [0.3, 0.4) is 0 Å². The maximum Gasteiger partial charge on any atom is 0.407 e. The van der Waals surface area contributed by atoms with Gasteiger partial charge in [-0.05, 0) is 39.3 Å². The summed E-state index contributed by atoms with van der Waals surface area (Å²) in [6.07, 6.45) is 0.328. The van der Waals surface area contributed by atoms with Gasteiger partial charge in [-0.2, -0.15) is 0 Å². The van der Waals surface area contributed by atoms with Crippen LogP contribution < -0.4 is 10.6 Å². The zero-order valence-electron chi connectivity index (χ0n) is 11.9. The van der Waals surface area contributed by atoms with Gasteiger partial charge in [0, 0.05) is 13.1 Å². The fourth-order valence-corrected chi connectivity index (χ4v) is 2.00. The standard InChI is InChI=1S/C14H20Cl2N2O2/c1-14(2,3)20-13(19)18-9-5-8-17-12-10(15)6-4-7-11(12)16/h4,6-7,17H,5,8-9H2,1-3H3,(H,18,19). The summed E-state index contributed by atoms with van der Waals surface area (Å²) in [6.45, 7) is 6.65. The van der Waals surface area contributed by atoms with Crippen molar-refractivity contribution in [3.8, 4) is 0 Å². The number of carbonyl (C=O) groups is 1. The fraction of sp³-hybridized carbons (Fsp3) is 0.500. The molecule has 0 aliphatic rings. The molecule has 112 valence electrons. The van der Waals surface area contributed by atoms with Crippen molar-refractivity contribution < 1.29 is 9.53 Å². The monoisotopic (exact) mass is 318 g/mol. The molecule has 1 aromatic carbocycles. The summed E-state index contributed by atoms with van der Waals surface area (Å²) in [7, 11) is 0. The van der Waals surface area contributed by atoms with Crippen molar-refractivity contribution in [3.05, 3.63) is 28.2 Å². The average molecular weight is 319 g/mol. The third kappa shape index (κ3) is 6.35. The first-order valence-corrected chi connectivity index (χ1v) is 7.20. The highest BCUT2D eigenvalue weighted by Crippen LogP contribution is 2.29. The summed E-state index contributed by atoms with van der Waals surface area (Å²) in [5.41, 5.74) is 0.237. The van der Waals surface area contributed by atoms with Gasteiger partial charge in [0.2, 0.25) is 0 Å². The van der Waals surface area contributed by atoms with Gasteiger partial charge in [0.15, 0.2) is 0 Å². The Morgan fingerprint density at radius 2 is 1.80 bits per heavy atom. The maximum absolute atomic E-state index is 11.4. The summed E-state index contributed by atoms with van der Waals surface area (Å²) in [4.78, 5) is 11.4. The Labute approximate surface area is 129 Å². The van der Waals surface area contributed by atoms with E-state index in [1.165, 1.54) is 0 Å². The minimum atomic E-state index is -0.479. The highest BCUT2D eigenvalue weighted by molar-refractivity contribution is 6.39. The Morgan fingerprint density at radius 3 is 2.35 bits per heavy atom. The topological polar surface area (TPSA) is 50.4 Å². The van der Waals surface area contributed by atoms with Crippen LogP contribution in [0.1, 0.15) is 27.2 Å². The van der Waals surface area contributed by atoms with E-state index in [4.69, 9.17) is 27.9 Å². The number of benzene rings is 1. The Hall–Kier alpha value is -1.13. The van der Waals surface area contributed by atoms with Crippen molar-refractivity contribution in [1.29, 1.82) is 0 Å². The Balaban J connectivity index is 2.24. The summed E-state index contributed by atoms with van der Waals surface area (Å²) in [5.74, 6) is 0. The molecule has 1 amide bonds. The number of anilines is 1. The SMILES string of the molecule is CC(C)(C)OC(=O)NCCCNc1c(Cl)cccc1Cl. The minimum absolute atomic E-state index is 0.409. The van der Waals surface area contributed by atoms with E-state index in [-0.39, 0.29) is 0 Å². The number of para-hydroxylation sites is 1. The van der Waals surface area contributed by atoms with E-state index < -0.39 is 11.7 Å². The second kappa shape index (κ2) is 7.60. The predicted octanol–water partition coefficient (Wildman–Crippen LogP) is 4.32. The van der Waals surface area contributed by atoms with E-state index in [2.05, 4.69) is 10.6 Å². The van der Waals surface area contributed by atoms with Crippen LogP contribution in [0.2, 0.25) is 10.0 Å². The molecule has 0 saturated heterocycles. The molecule has 4 nitrogen and oxygen atoms in total. The first-order chi connectivity index (χ1) is 9.29. The highest BCUT2D eigenvalue weighted by Gasteiger charge is 2.15. The number of amides is 1. The van der Waals surface area contributed by atoms with E-state index in [9.17, 15) is 4.79 Å². The third-order valence-corrected chi connectivity index (χ3v) is 2.92. The van der Waals surface area contributed by atoms with Crippen LogP contribution in [0.25, 0.3) is 0 Å². The quantitative estimate of drug-likeness (QED) is 0.795. The van der Waals surface area contributed by atoms with Crippen LogP contribution in [-0.2, 0) is 4.74 Å². The number of alkyl carbamates (subject to hydrolysis) is 1. The van der Waals surface area contributed by atoms with Crippen molar-refractivity contribution in [2.45, 2.75) is 32.8 Å². The molecule has 0 bridgehead atoms. The molecule has 0 aromatic heterocycles. The number of carbonyl (C=O) groups excluding carboxylic acids is 1. The second-order valence-electron chi connectivity index (χ2n) is 5.31. The van der Waals surface area contributed by atoms with Crippen molar-refractivity contribution in [1.82, 2.24) is 5.32 Å². The second-order valence-corrected chi connectivity index (χ2v) is 6.12. The van der Waals surface area contributed by atoms with E-state index >= 15 is 0 Å². The van der Waals surface area contributed by atoms with Gasteiger partial charge in [-0.15, -0.1) is 0 Å². The van der Waals surface area contributed by atoms with Crippen LogP contribution in [-0.4, -0.2) is 24.8 Å². The number of hydrogen-bond donors (Lipinski definition) is 2. The zero-order valence-corrected chi connectivity index (χ0v) is 13.4. The van der Waals surface area contributed by atoms with Gasteiger partial charge >= 0.3 is 6.09 Å². The highest BCUT2D eigenvalue weighted by atomic mass is 35.5. The van der Waals surface area contributed by atoms with Gasteiger partial charge in [0.1, 0.15) is 5.60 Å². The summed E-state index contributed by atoms with van der Waals surface area (Å²) in [6, 6.07) is 5.34. The number of nitrogens with one attached hydrogen (secondary N) is 2. The predicted molar refractivity (Wildman–Crippen MR) is 83.8 cm³/mol. The lowest BCUT2D eigenvalue weighted by molar-refractivity contribution is 0.0528. The normalized spacial score (nSPS) is 11.1. The van der Waals surface area contributed by atoms with E-state index in [0.29, 0.717) is 28.8 Å². The molecule has 0 saturated carbocycles. The smallest absolute Gasteiger partial charge is 0.407 e. The van der Waals surface area contributed by atoms with E-state index in [1.54, 1.807) is 18.2 Å². The molecule has 0 aliphatic heterocycles. The van der Waals surface area contributed by atoms with Gasteiger partial charge in [-0.1, -0.05) is 29.3 Å². The molecule has 0 atom stereocenters. The van der Waals surface area contributed by atoms with E-state index in [0.717, 1.165) is 6.42 Å². The van der Waals surface area contributed by atoms with Gasteiger partial charge in [0.25, 0.3) is 0 Å². The number of halogens is 2. The van der Waals surface area contributed by atoms with Crippen LogP contribution in [0.15, 0.2) is 18.2 Å². The lowest BCUT2D eigenvalue weighted by Gasteiger charge is -2.19. The van der Waals surface area contributed by atoms with Crippen molar-refractivity contribution in [2.24, 2.45) is 0 Å². The lowest BCUT2D eigenvalue weighted by atomic mass is 10.2. The fourth-order valence-electron chi connectivity index (χ4n) is 1.47. The zero-order chi connectivity index (χ0) is 15.2. The number of ether oxygens (including phenoxy) is 1. The van der Waals surface area contributed by atoms with Gasteiger partial charge in [0.05, 0.1) is 15.7 Å². The average Bonchev–Trinajstić information content (AvgIpc) is 2.29. The Bertz CT molecular complexity index is 439. The van der Waals surface area contributed by atoms with E-state index in [1.807, 2.05) is 20.8 Å². The first-order valence-electron chi connectivity index (χ1n) is 6.44. The molecule has 20 heavy (non-hydrogen) atoms. The molecular weight excluding hydrogens is 299 g/mol. The number of hydrogen-bond acceptors (Lipinski definition) is 3. The molecule has 0 fully saturated rings. The van der Waals surface area contributed by atoms with Crippen molar-refractivity contribution in [2.75, 3.05) is 18.4 Å². The molecule has 0 spiro atoms. The molecule has 1 aromatic rings. The number of rotatable bonds is 5.